The van der Waals surface area contributed by atoms with Gasteiger partial charge in [-0.05, 0) is 18.6 Å². The molecule has 3 aromatic rings. The van der Waals surface area contributed by atoms with Crippen LogP contribution in [0.3, 0.4) is 0 Å². The van der Waals surface area contributed by atoms with Crippen LogP contribution in [0.4, 0.5) is 4.39 Å². The van der Waals surface area contributed by atoms with Gasteiger partial charge in [0.05, 0.1) is 12.8 Å². The van der Waals surface area contributed by atoms with Crippen LogP contribution in [-0.4, -0.2) is 24.0 Å². The number of amides is 1. The third kappa shape index (κ3) is 5.67. The molecule has 1 N–H and O–H groups in total. The molecule has 0 fully saturated rings. The molecule has 1 heterocycles. The molecule has 6 heteroatoms. The molecule has 0 unspecified atom stereocenters. The molecule has 1 amide bonds. The Morgan fingerprint density at radius 1 is 1.11 bits per heavy atom. The number of nitrogens with one attached hydrogen (secondary N) is 1. The largest absolute Gasteiger partial charge is 0.490 e. The fourth-order valence-electron chi connectivity index (χ4n) is 2.51. The molecule has 140 valence electrons. The fraction of sp³-hybridized carbons (Fsp3) is 0.238. The van der Waals surface area contributed by atoms with Crippen molar-refractivity contribution in [3.8, 4) is 17.1 Å². The zero-order valence-corrected chi connectivity index (χ0v) is 14.9. The number of para-hydroxylation sites is 1. The third-order valence-electron chi connectivity index (χ3n) is 3.92. The Morgan fingerprint density at radius 3 is 2.70 bits per heavy atom. The number of hydrogen-bond acceptors (Lipinski definition) is 4. The lowest BCUT2D eigenvalue weighted by Gasteiger charge is -2.07. The first-order chi connectivity index (χ1) is 13.2. The number of rotatable bonds is 9. The van der Waals surface area contributed by atoms with Gasteiger partial charge < -0.3 is 14.5 Å². The van der Waals surface area contributed by atoms with Gasteiger partial charge in [0.15, 0.2) is 23.2 Å². The van der Waals surface area contributed by atoms with Crippen molar-refractivity contribution in [3.05, 3.63) is 72.5 Å². The van der Waals surface area contributed by atoms with Gasteiger partial charge in [-0.15, -0.1) is 0 Å². The van der Waals surface area contributed by atoms with E-state index in [9.17, 15) is 9.18 Å². The quantitative estimate of drug-likeness (QED) is 0.580. The first kappa shape index (κ1) is 18.6. The predicted molar refractivity (Wildman–Crippen MR) is 99.8 cm³/mol. The first-order valence-corrected chi connectivity index (χ1v) is 8.86. The molecule has 3 rings (SSSR count). The Hall–Kier alpha value is -3.15. The molecular formula is C21H21FN2O3. The van der Waals surface area contributed by atoms with Crippen molar-refractivity contribution in [1.29, 1.82) is 0 Å². The number of hydrogen-bond donors (Lipinski definition) is 1. The number of aryl methyl sites for hydroxylation is 1. The van der Waals surface area contributed by atoms with Gasteiger partial charge in [0.1, 0.15) is 0 Å². The summed E-state index contributed by atoms with van der Waals surface area (Å²) >= 11 is 0. The molecule has 0 saturated carbocycles. The highest BCUT2D eigenvalue weighted by molar-refractivity contribution is 5.76. The van der Waals surface area contributed by atoms with Crippen LogP contribution < -0.4 is 10.1 Å². The molecule has 0 bridgehead atoms. The number of carbonyl (C=O) groups is 1. The second kappa shape index (κ2) is 9.52. The molecular weight excluding hydrogens is 347 g/mol. The molecule has 0 atom stereocenters. The van der Waals surface area contributed by atoms with E-state index >= 15 is 0 Å². The zero-order chi connectivity index (χ0) is 18.9. The van der Waals surface area contributed by atoms with Crippen LogP contribution in [-0.2, 0) is 11.2 Å². The normalized spacial score (nSPS) is 10.6. The lowest BCUT2D eigenvalue weighted by molar-refractivity contribution is -0.121. The highest BCUT2D eigenvalue weighted by Crippen LogP contribution is 2.20. The number of halogens is 1. The number of aromatic nitrogens is 1. The summed E-state index contributed by atoms with van der Waals surface area (Å²) in [5, 5.41) is 2.81. The van der Waals surface area contributed by atoms with E-state index in [1.54, 1.807) is 24.4 Å². The number of nitrogens with zero attached hydrogens (tertiary/aromatic N) is 1. The summed E-state index contributed by atoms with van der Waals surface area (Å²) < 4.78 is 24.4. The van der Waals surface area contributed by atoms with Crippen molar-refractivity contribution in [2.24, 2.45) is 0 Å². The van der Waals surface area contributed by atoms with Gasteiger partial charge in [-0.2, -0.15) is 0 Å². The maximum Gasteiger partial charge on any atom is 0.220 e. The summed E-state index contributed by atoms with van der Waals surface area (Å²) in [6.07, 6.45) is 2.99. The van der Waals surface area contributed by atoms with E-state index in [2.05, 4.69) is 10.3 Å². The predicted octanol–water partition coefficient (Wildman–Crippen LogP) is 4.00. The average molecular weight is 368 g/mol. The van der Waals surface area contributed by atoms with Crippen LogP contribution in [0.5, 0.6) is 5.75 Å². The minimum atomic E-state index is -0.387. The van der Waals surface area contributed by atoms with E-state index in [4.69, 9.17) is 9.15 Å². The van der Waals surface area contributed by atoms with Gasteiger partial charge in [0.25, 0.3) is 0 Å². The lowest BCUT2D eigenvalue weighted by atomic mass is 10.2. The van der Waals surface area contributed by atoms with Gasteiger partial charge in [-0.3, -0.25) is 4.79 Å². The lowest BCUT2D eigenvalue weighted by Crippen LogP contribution is -2.25. The molecule has 0 spiro atoms. The van der Waals surface area contributed by atoms with Crippen LogP contribution in [0.1, 0.15) is 18.7 Å². The molecule has 0 radical (unpaired) electrons. The Labute approximate surface area is 157 Å². The summed E-state index contributed by atoms with van der Waals surface area (Å²) in [6, 6.07) is 15.9. The summed E-state index contributed by atoms with van der Waals surface area (Å²) in [5.41, 5.74) is 0.954. The van der Waals surface area contributed by atoms with Crippen molar-refractivity contribution >= 4 is 5.91 Å². The second-order valence-corrected chi connectivity index (χ2v) is 5.97. The fourth-order valence-corrected chi connectivity index (χ4v) is 2.51. The van der Waals surface area contributed by atoms with Crippen LogP contribution in [0.2, 0.25) is 0 Å². The smallest absolute Gasteiger partial charge is 0.220 e. The summed E-state index contributed by atoms with van der Waals surface area (Å²) in [4.78, 5) is 16.1. The van der Waals surface area contributed by atoms with Crippen molar-refractivity contribution < 1.29 is 18.3 Å². The topological polar surface area (TPSA) is 64.4 Å². The van der Waals surface area contributed by atoms with Crippen molar-refractivity contribution in [2.45, 2.75) is 19.3 Å². The van der Waals surface area contributed by atoms with Crippen LogP contribution in [0, 0.1) is 5.82 Å². The number of ether oxygens (including phenoxy) is 1. The summed E-state index contributed by atoms with van der Waals surface area (Å²) in [5.74, 6) is 0.979. The molecule has 1 aromatic heterocycles. The van der Waals surface area contributed by atoms with Crippen LogP contribution in [0.25, 0.3) is 11.3 Å². The molecule has 0 saturated heterocycles. The summed E-state index contributed by atoms with van der Waals surface area (Å²) in [7, 11) is 0. The average Bonchev–Trinajstić information content (AvgIpc) is 3.17. The van der Waals surface area contributed by atoms with E-state index in [1.165, 1.54) is 6.07 Å². The minimum Gasteiger partial charge on any atom is -0.490 e. The van der Waals surface area contributed by atoms with Crippen LogP contribution in [0.15, 0.2) is 65.2 Å². The van der Waals surface area contributed by atoms with Gasteiger partial charge >= 0.3 is 0 Å². The first-order valence-electron chi connectivity index (χ1n) is 8.86. The third-order valence-corrected chi connectivity index (χ3v) is 3.92. The van der Waals surface area contributed by atoms with Crippen LogP contribution >= 0.6 is 0 Å². The maximum absolute atomic E-state index is 13.4. The van der Waals surface area contributed by atoms with Gasteiger partial charge in [-0.25, -0.2) is 9.37 Å². The minimum absolute atomic E-state index is 0.0830. The zero-order valence-electron chi connectivity index (χ0n) is 14.9. The van der Waals surface area contributed by atoms with Crippen molar-refractivity contribution in [2.75, 3.05) is 13.2 Å². The van der Waals surface area contributed by atoms with Gasteiger partial charge in [0.2, 0.25) is 5.91 Å². The van der Waals surface area contributed by atoms with Crippen molar-refractivity contribution in [1.82, 2.24) is 10.3 Å². The molecule has 2 aromatic carbocycles. The monoisotopic (exact) mass is 368 g/mol. The Bertz CT molecular complexity index is 865. The van der Waals surface area contributed by atoms with E-state index in [0.29, 0.717) is 44.1 Å². The second-order valence-electron chi connectivity index (χ2n) is 5.97. The number of carbonyl (C=O) groups excluding carboxylic acids is 1. The SMILES string of the molecule is O=C(CCc1ncc(-c2ccccc2)o1)NCCCOc1ccccc1F. The Balaban J connectivity index is 1.33. The standard InChI is InChI=1S/C21H21FN2O3/c22-17-9-4-5-10-18(17)26-14-6-13-23-20(25)11-12-21-24-15-19(27-21)16-7-2-1-3-8-16/h1-5,7-10,15H,6,11-14H2,(H,23,25). The molecule has 0 aliphatic rings. The van der Waals surface area contributed by atoms with E-state index in [0.717, 1.165) is 5.56 Å². The number of benzene rings is 2. The van der Waals surface area contributed by atoms with E-state index < -0.39 is 0 Å². The van der Waals surface area contributed by atoms with E-state index in [1.807, 2.05) is 30.3 Å². The van der Waals surface area contributed by atoms with Gasteiger partial charge in [-0.1, -0.05) is 42.5 Å². The van der Waals surface area contributed by atoms with Gasteiger partial charge in [0, 0.05) is 24.9 Å². The highest BCUT2D eigenvalue weighted by Gasteiger charge is 2.09. The molecule has 5 nitrogen and oxygen atoms in total. The Morgan fingerprint density at radius 2 is 1.89 bits per heavy atom. The van der Waals surface area contributed by atoms with Crippen molar-refractivity contribution in [3.63, 3.8) is 0 Å². The highest BCUT2D eigenvalue weighted by atomic mass is 19.1. The molecule has 0 aliphatic carbocycles. The number of oxazole rings is 1. The maximum atomic E-state index is 13.4. The van der Waals surface area contributed by atoms with E-state index in [-0.39, 0.29) is 17.5 Å². The molecule has 0 aliphatic heterocycles. The Kier molecular flexibility index (Phi) is 6.57. The molecule has 27 heavy (non-hydrogen) atoms. The summed E-state index contributed by atoms with van der Waals surface area (Å²) in [6.45, 7) is 0.801.